The first kappa shape index (κ1) is 18.9. The van der Waals surface area contributed by atoms with Gasteiger partial charge in [-0.1, -0.05) is 0 Å². The quantitative estimate of drug-likeness (QED) is 0.486. The molecule has 128 valence electrons. The first-order valence-electron chi connectivity index (χ1n) is 7.38. The van der Waals surface area contributed by atoms with Crippen LogP contribution in [0.5, 0.6) is 0 Å². The molecule has 0 aliphatic carbocycles. The van der Waals surface area contributed by atoms with Gasteiger partial charge in [-0.3, -0.25) is 4.79 Å². The topological polar surface area (TPSA) is 64.9 Å². The van der Waals surface area contributed by atoms with Crippen molar-refractivity contribution in [2.75, 3.05) is 11.9 Å². The highest BCUT2D eigenvalue weighted by Crippen LogP contribution is 2.30. The van der Waals surface area contributed by atoms with Gasteiger partial charge in [0.15, 0.2) is 0 Å². The van der Waals surface area contributed by atoms with Gasteiger partial charge in [-0.15, -0.1) is 9.24 Å². The minimum absolute atomic E-state index is 0.134. The number of hydrogen-bond donors (Lipinski definition) is 2. The van der Waals surface area contributed by atoms with Crippen LogP contribution in [0.1, 0.15) is 26.7 Å². The zero-order valence-corrected chi connectivity index (χ0v) is 15.3. The van der Waals surface area contributed by atoms with Crippen molar-refractivity contribution in [3.8, 4) is 6.07 Å². The van der Waals surface area contributed by atoms with E-state index in [9.17, 15) is 18.3 Å². The number of benzene rings is 1. The second kappa shape index (κ2) is 7.60. The van der Waals surface area contributed by atoms with Crippen LogP contribution in [0.2, 0.25) is 0 Å². The molecule has 1 aromatic rings. The lowest BCUT2D eigenvalue weighted by molar-refractivity contribution is -0.112. The molecule has 0 radical (unpaired) electrons. The van der Waals surface area contributed by atoms with Crippen LogP contribution in [0.3, 0.4) is 0 Å². The first-order chi connectivity index (χ1) is 11.3. The fourth-order valence-electron chi connectivity index (χ4n) is 2.84. The van der Waals surface area contributed by atoms with Crippen molar-refractivity contribution in [2.45, 2.75) is 37.1 Å². The number of halogens is 2. The fraction of sp³-hybridized carbons (Fsp3) is 0.375. The van der Waals surface area contributed by atoms with Gasteiger partial charge < -0.3 is 10.6 Å². The Bertz CT molecular complexity index is 716. The molecule has 2 rings (SSSR count). The summed E-state index contributed by atoms with van der Waals surface area (Å²) < 4.78 is 26.5. The number of nitrogens with zero attached hydrogens (tertiary/aromatic N) is 1. The smallest absolute Gasteiger partial charge is 0.252 e. The maximum absolute atomic E-state index is 13.8. The predicted molar refractivity (Wildman–Crippen MR) is 95.3 cm³/mol. The molecule has 1 amide bonds. The van der Waals surface area contributed by atoms with Crippen LogP contribution in [0.4, 0.5) is 14.0 Å². The maximum atomic E-state index is 13.8. The highest BCUT2D eigenvalue weighted by molar-refractivity contribution is 7.94. The van der Waals surface area contributed by atoms with E-state index in [0.717, 1.165) is 25.5 Å². The van der Waals surface area contributed by atoms with Gasteiger partial charge in [0, 0.05) is 11.3 Å². The molecule has 24 heavy (non-hydrogen) atoms. The Kier molecular flexibility index (Phi) is 5.97. The van der Waals surface area contributed by atoms with E-state index in [1.165, 1.54) is 6.07 Å². The van der Waals surface area contributed by atoms with Gasteiger partial charge in [0.2, 0.25) is 0 Å². The van der Waals surface area contributed by atoms with Crippen LogP contribution in [-0.4, -0.2) is 18.0 Å². The van der Waals surface area contributed by atoms with Crippen LogP contribution in [0, 0.1) is 17.1 Å². The van der Waals surface area contributed by atoms with E-state index in [0.29, 0.717) is 10.9 Å². The van der Waals surface area contributed by atoms with Crippen molar-refractivity contribution in [3.05, 3.63) is 29.1 Å². The standard InChI is InChI=1S/C16H18F2N3OPS/c1-9(11(8-19)16(2)4-3-5-20-16)15(22)21-10-6-12(17)14(24-18)13(23)7-10/h6-7,20H,3-5,23H2,1-2H3,(H,21,22)/b11-9+. The normalized spacial score (nSPS) is 21.2. The number of carbonyl (C=O) groups is 1. The molecule has 0 spiro atoms. The summed E-state index contributed by atoms with van der Waals surface area (Å²) in [6, 6.07) is 4.64. The Hall–Kier alpha value is -1.48. The number of amides is 1. The number of hydrogen-bond acceptors (Lipinski definition) is 4. The largest absolute Gasteiger partial charge is 0.322 e. The molecule has 1 aliphatic rings. The zero-order valence-electron chi connectivity index (χ0n) is 13.4. The second-order valence-electron chi connectivity index (χ2n) is 5.88. The Labute approximate surface area is 146 Å². The molecule has 0 saturated carbocycles. The molecule has 0 aromatic heterocycles. The molecule has 1 fully saturated rings. The van der Waals surface area contributed by atoms with Crippen molar-refractivity contribution in [1.29, 1.82) is 5.26 Å². The average Bonchev–Trinajstić information content (AvgIpc) is 2.95. The predicted octanol–water partition coefficient (Wildman–Crippen LogP) is 3.22. The number of rotatable bonds is 4. The van der Waals surface area contributed by atoms with E-state index in [1.54, 1.807) is 6.92 Å². The van der Waals surface area contributed by atoms with E-state index in [-0.39, 0.29) is 28.3 Å². The van der Waals surface area contributed by atoms with Gasteiger partial charge in [-0.2, -0.15) is 9.15 Å². The molecule has 1 aromatic carbocycles. The molecular formula is C16H18F2N3OPS. The van der Waals surface area contributed by atoms with Crippen LogP contribution >= 0.6 is 21.4 Å². The van der Waals surface area contributed by atoms with Crippen molar-refractivity contribution in [2.24, 2.45) is 0 Å². The molecule has 1 saturated heterocycles. The molecular weight excluding hydrogens is 351 g/mol. The van der Waals surface area contributed by atoms with Gasteiger partial charge in [-0.25, -0.2) is 4.39 Å². The lowest BCUT2D eigenvalue weighted by Crippen LogP contribution is -2.39. The van der Waals surface area contributed by atoms with Crippen LogP contribution in [0.15, 0.2) is 28.2 Å². The summed E-state index contributed by atoms with van der Waals surface area (Å²) in [5.41, 5.74) is 0.340. The fourth-order valence-corrected chi connectivity index (χ4v) is 3.57. The van der Waals surface area contributed by atoms with Gasteiger partial charge in [0.1, 0.15) is 5.82 Å². The molecule has 2 unspecified atom stereocenters. The average molecular weight is 369 g/mol. The number of carbonyl (C=O) groups excluding carboxylic acids is 1. The van der Waals surface area contributed by atoms with Crippen LogP contribution in [0.25, 0.3) is 0 Å². The van der Waals surface area contributed by atoms with E-state index in [2.05, 4.69) is 25.9 Å². The summed E-state index contributed by atoms with van der Waals surface area (Å²) >= 11 is -0.188. The van der Waals surface area contributed by atoms with Crippen molar-refractivity contribution < 1.29 is 13.1 Å². The Morgan fingerprint density at radius 3 is 2.75 bits per heavy atom. The van der Waals surface area contributed by atoms with E-state index in [1.807, 2.05) is 6.92 Å². The lowest BCUT2D eigenvalue weighted by Gasteiger charge is -2.25. The van der Waals surface area contributed by atoms with Crippen LogP contribution < -0.4 is 15.9 Å². The maximum Gasteiger partial charge on any atom is 0.252 e. The third kappa shape index (κ3) is 3.77. The SMILES string of the molecule is C/C(C(=O)Nc1cc(F)c(SF)c(P)c1)=C(/C#N)C1(C)CCCN1. The number of nitrogens with one attached hydrogen (secondary N) is 2. The molecule has 1 heterocycles. The first-order valence-corrected chi connectivity index (χ1v) is 8.67. The monoisotopic (exact) mass is 369 g/mol. The lowest BCUT2D eigenvalue weighted by atomic mass is 9.87. The summed E-state index contributed by atoms with van der Waals surface area (Å²) in [5, 5.41) is 15.6. The van der Waals surface area contributed by atoms with E-state index in [4.69, 9.17) is 0 Å². The molecule has 8 heteroatoms. The van der Waals surface area contributed by atoms with Gasteiger partial charge in [0.05, 0.1) is 34.2 Å². The Balaban J connectivity index is 2.29. The molecule has 2 atom stereocenters. The third-order valence-electron chi connectivity index (χ3n) is 4.16. The zero-order chi connectivity index (χ0) is 17.9. The molecule has 4 nitrogen and oxygen atoms in total. The summed E-state index contributed by atoms with van der Waals surface area (Å²) in [6.45, 7) is 4.26. The van der Waals surface area contributed by atoms with E-state index >= 15 is 0 Å². The highest BCUT2D eigenvalue weighted by atomic mass is 32.2. The summed E-state index contributed by atoms with van der Waals surface area (Å²) in [4.78, 5) is 12.3. The number of anilines is 1. The van der Waals surface area contributed by atoms with E-state index < -0.39 is 17.3 Å². The van der Waals surface area contributed by atoms with Crippen LogP contribution in [-0.2, 0) is 4.79 Å². The van der Waals surface area contributed by atoms with Crippen molar-refractivity contribution in [1.82, 2.24) is 5.32 Å². The Morgan fingerprint density at radius 2 is 2.25 bits per heavy atom. The molecule has 2 N–H and O–H groups in total. The highest BCUT2D eigenvalue weighted by Gasteiger charge is 2.34. The summed E-state index contributed by atoms with van der Waals surface area (Å²) in [6.07, 6.45) is 1.70. The minimum atomic E-state index is -0.753. The van der Waals surface area contributed by atoms with Crippen molar-refractivity contribution >= 4 is 38.3 Å². The summed E-state index contributed by atoms with van der Waals surface area (Å²) in [7, 11) is 2.23. The van der Waals surface area contributed by atoms with Crippen molar-refractivity contribution in [3.63, 3.8) is 0 Å². The van der Waals surface area contributed by atoms with Gasteiger partial charge in [-0.05, 0) is 50.7 Å². The van der Waals surface area contributed by atoms with Gasteiger partial charge >= 0.3 is 0 Å². The number of nitriles is 1. The third-order valence-corrected chi connectivity index (χ3v) is 5.40. The second-order valence-corrected chi connectivity index (χ2v) is 7.07. The summed E-state index contributed by atoms with van der Waals surface area (Å²) in [5.74, 6) is -1.23. The minimum Gasteiger partial charge on any atom is -0.322 e. The molecule has 0 bridgehead atoms. The van der Waals surface area contributed by atoms with Gasteiger partial charge in [0.25, 0.3) is 5.91 Å². The molecule has 1 aliphatic heterocycles. The Morgan fingerprint density at radius 1 is 1.54 bits per heavy atom.